The maximum absolute atomic E-state index is 11.5. The van der Waals surface area contributed by atoms with Crippen LogP contribution in [0.1, 0.15) is 24.3 Å². The second-order valence-corrected chi connectivity index (χ2v) is 5.45. The van der Waals surface area contributed by atoms with Gasteiger partial charge in [0.1, 0.15) is 6.04 Å². The van der Waals surface area contributed by atoms with E-state index in [1.807, 2.05) is 0 Å². The van der Waals surface area contributed by atoms with Crippen LogP contribution in [0.25, 0.3) is 10.4 Å². The van der Waals surface area contributed by atoms with Crippen molar-refractivity contribution in [3.05, 3.63) is 45.3 Å². The number of carbonyl (C=O) groups is 1. The van der Waals surface area contributed by atoms with Crippen LogP contribution in [0.4, 0.5) is 0 Å². The van der Waals surface area contributed by atoms with Gasteiger partial charge in [-0.1, -0.05) is 28.8 Å². The van der Waals surface area contributed by atoms with Crippen molar-refractivity contribution in [3.8, 4) is 0 Å². The van der Waals surface area contributed by atoms with Crippen LogP contribution in [-0.2, 0) is 9.53 Å². The zero-order chi connectivity index (χ0) is 15.2. The number of benzene rings is 1. The summed E-state index contributed by atoms with van der Waals surface area (Å²) in [6, 6.07) is 5.91. The molecule has 0 radical (unpaired) electrons. The minimum atomic E-state index is -1.13. The van der Waals surface area contributed by atoms with Gasteiger partial charge in [-0.15, -0.1) is 0 Å². The molecule has 0 aromatic heterocycles. The maximum Gasteiger partial charge on any atom is 0.313 e. The van der Waals surface area contributed by atoms with E-state index in [0.29, 0.717) is 18.2 Å². The molecule has 0 saturated carbocycles. The lowest BCUT2D eigenvalue weighted by atomic mass is 9.77. The molecule has 0 unspecified atom stereocenters. The lowest BCUT2D eigenvalue weighted by Crippen LogP contribution is -2.34. The smallest absolute Gasteiger partial charge is 0.313 e. The Labute approximate surface area is 127 Å². The highest BCUT2D eigenvalue weighted by Crippen LogP contribution is 2.36. The minimum absolute atomic E-state index is 0.103. The fourth-order valence-corrected chi connectivity index (χ4v) is 2.93. The number of ether oxygens (including phenoxy) is 1. The van der Waals surface area contributed by atoms with Crippen molar-refractivity contribution in [1.82, 2.24) is 0 Å². The van der Waals surface area contributed by atoms with Gasteiger partial charge in [-0.2, -0.15) is 0 Å². The predicted octanol–water partition coefficient (Wildman–Crippen LogP) is 3.61. The van der Waals surface area contributed by atoms with Crippen molar-refractivity contribution in [2.75, 3.05) is 13.2 Å². The first kappa shape index (κ1) is 15.6. The molecule has 1 heterocycles. The fourth-order valence-electron chi connectivity index (χ4n) is 2.80. The number of carboxylic acids is 1. The quantitative estimate of drug-likeness (QED) is 0.511. The summed E-state index contributed by atoms with van der Waals surface area (Å²) >= 11 is 5.89. The van der Waals surface area contributed by atoms with Gasteiger partial charge in [0.05, 0.1) is 0 Å². The van der Waals surface area contributed by atoms with E-state index < -0.39 is 12.0 Å². The summed E-state index contributed by atoms with van der Waals surface area (Å²) in [4.78, 5) is 14.2. The SMILES string of the molecule is [N-]=[N+]=N[C@@H](C(=O)O)[C@@H](c1ccc(Cl)cc1)C1CCOCC1. The Morgan fingerprint density at radius 2 is 2.00 bits per heavy atom. The average molecular weight is 310 g/mol. The molecule has 21 heavy (non-hydrogen) atoms. The van der Waals surface area contributed by atoms with Crippen LogP contribution in [-0.4, -0.2) is 30.3 Å². The third-order valence-corrected chi connectivity index (χ3v) is 4.05. The minimum Gasteiger partial charge on any atom is -0.481 e. The number of hydrogen-bond donors (Lipinski definition) is 1. The van der Waals surface area contributed by atoms with E-state index in [9.17, 15) is 9.90 Å². The Balaban J connectivity index is 2.38. The van der Waals surface area contributed by atoms with Gasteiger partial charge in [0, 0.05) is 29.1 Å². The number of aliphatic carboxylic acids is 1. The van der Waals surface area contributed by atoms with Crippen LogP contribution in [0, 0.1) is 5.92 Å². The number of nitrogens with zero attached hydrogens (tertiary/aromatic N) is 3. The lowest BCUT2D eigenvalue weighted by molar-refractivity contribution is -0.139. The van der Waals surface area contributed by atoms with E-state index in [4.69, 9.17) is 21.9 Å². The molecule has 6 nitrogen and oxygen atoms in total. The van der Waals surface area contributed by atoms with Gasteiger partial charge in [0.15, 0.2) is 0 Å². The second kappa shape index (κ2) is 7.31. The Hall–Kier alpha value is -1.75. The van der Waals surface area contributed by atoms with E-state index >= 15 is 0 Å². The lowest BCUT2D eigenvalue weighted by Gasteiger charge is -2.32. The third-order valence-electron chi connectivity index (χ3n) is 3.80. The van der Waals surface area contributed by atoms with E-state index in [2.05, 4.69) is 10.0 Å². The van der Waals surface area contributed by atoms with Crippen molar-refractivity contribution in [3.63, 3.8) is 0 Å². The first-order chi connectivity index (χ1) is 10.1. The molecule has 1 aromatic rings. The summed E-state index contributed by atoms with van der Waals surface area (Å²) in [6.07, 6.45) is 1.50. The number of azide groups is 1. The molecule has 1 N–H and O–H groups in total. The molecule has 112 valence electrons. The van der Waals surface area contributed by atoms with E-state index in [1.165, 1.54) is 0 Å². The van der Waals surface area contributed by atoms with Crippen molar-refractivity contribution in [2.45, 2.75) is 24.8 Å². The van der Waals surface area contributed by atoms with Gasteiger partial charge in [-0.3, -0.25) is 4.79 Å². The van der Waals surface area contributed by atoms with Crippen LogP contribution in [0.5, 0.6) is 0 Å². The zero-order valence-electron chi connectivity index (χ0n) is 11.4. The predicted molar refractivity (Wildman–Crippen MR) is 78.3 cm³/mol. The van der Waals surface area contributed by atoms with Gasteiger partial charge < -0.3 is 9.84 Å². The molecular weight excluding hydrogens is 294 g/mol. The molecular formula is C14H16ClN3O3. The van der Waals surface area contributed by atoms with Crippen molar-refractivity contribution >= 4 is 17.6 Å². The van der Waals surface area contributed by atoms with Crippen LogP contribution >= 0.6 is 11.6 Å². The highest BCUT2D eigenvalue weighted by atomic mass is 35.5. The highest BCUT2D eigenvalue weighted by molar-refractivity contribution is 6.30. The summed E-state index contributed by atoms with van der Waals surface area (Å²) in [5.41, 5.74) is 9.50. The Morgan fingerprint density at radius 3 is 2.52 bits per heavy atom. The number of rotatable bonds is 5. The first-order valence-electron chi connectivity index (χ1n) is 6.73. The molecule has 0 aliphatic carbocycles. The second-order valence-electron chi connectivity index (χ2n) is 5.02. The molecule has 2 rings (SSSR count). The van der Waals surface area contributed by atoms with Crippen LogP contribution in [0.3, 0.4) is 0 Å². The molecule has 0 bridgehead atoms. The topological polar surface area (TPSA) is 95.3 Å². The molecule has 1 aromatic carbocycles. The number of hydrogen-bond acceptors (Lipinski definition) is 3. The molecule has 0 spiro atoms. The van der Waals surface area contributed by atoms with E-state index in [1.54, 1.807) is 24.3 Å². The van der Waals surface area contributed by atoms with Gasteiger partial charge in [0.2, 0.25) is 0 Å². The summed E-state index contributed by atoms with van der Waals surface area (Å²) < 4.78 is 5.33. The molecule has 1 aliphatic rings. The highest BCUT2D eigenvalue weighted by Gasteiger charge is 2.35. The monoisotopic (exact) mass is 309 g/mol. The third kappa shape index (κ3) is 3.88. The molecule has 7 heteroatoms. The van der Waals surface area contributed by atoms with Gasteiger partial charge in [-0.05, 0) is 42.0 Å². The average Bonchev–Trinajstić information content (AvgIpc) is 2.49. The van der Waals surface area contributed by atoms with Crippen molar-refractivity contribution < 1.29 is 14.6 Å². The van der Waals surface area contributed by atoms with Gasteiger partial charge >= 0.3 is 5.97 Å². The number of halogens is 1. The summed E-state index contributed by atoms with van der Waals surface area (Å²) in [6.45, 7) is 1.19. The summed E-state index contributed by atoms with van der Waals surface area (Å²) in [7, 11) is 0. The van der Waals surface area contributed by atoms with Gasteiger partial charge in [0.25, 0.3) is 0 Å². The standard InChI is InChI=1S/C14H16ClN3O3/c15-11-3-1-9(2-4-11)12(10-5-7-21-8-6-10)13(14(19)20)17-18-16/h1-4,10,12-13H,5-8H2,(H,19,20)/t12-,13+/m0/s1. The van der Waals surface area contributed by atoms with E-state index in [0.717, 1.165) is 18.4 Å². The molecule has 1 fully saturated rings. The normalized spacial score (nSPS) is 18.5. The van der Waals surface area contributed by atoms with Crippen LogP contribution < -0.4 is 0 Å². The van der Waals surface area contributed by atoms with Crippen molar-refractivity contribution in [1.29, 1.82) is 0 Å². The first-order valence-corrected chi connectivity index (χ1v) is 7.11. The Kier molecular flexibility index (Phi) is 5.44. The van der Waals surface area contributed by atoms with Crippen LogP contribution in [0.15, 0.2) is 29.4 Å². The van der Waals surface area contributed by atoms with Crippen molar-refractivity contribution in [2.24, 2.45) is 11.0 Å². The Bertz CT molecular complexity index is 535. The summed E-state index contributed by atoms with van der Waals surface area (Å²) in [5.74, 6) is -1.38. The molecule has 0 amide bonds. The van der Waals surface area contributed by atoms with E-state index in [-0.39, 0.29) is 11.8 Å². The maximum atomic E-state index is 11.5. The number of carboxylic acid groups (broad SMARTS) is 1. The largest absolute Gasteiger partial charge is 0.481 e. The fraction of sp³-hybridized carbons (Fsp3) is 0.500. The molecule has 1 aliphatic heterocycles. The van der Waals surface area contributed by atoms with Crippen LogP contribution in [0.2, 0.25) is 5.02 Å². The van der Waals surface area contributed by atoms with Gasteiger partial charge in [-0.25, -0.2) is 0 Å². The summed E-state index contributed by atoms with van der Waals surface area (Å²) in [5, 5.41) is 13.5. The zero-order valence-corrected chi connectivity index (χ0v) is 12.1. The molecule has 1 saturated heterocycles. The Morgan fingerprint density at radius 1 is 1.38 bits per heavy atom. The molecule has 2 atom stereocenters.